The Labute approximate surface area is 236 Å². The van der Waals surface area contributed by atoms with Gasteiger partial charge in [0.25, 0.3) is 0 Å². The summed E-state index contributed by atoms with van der Waals surface area (Å²) >= 11 is 1.86. The quantitative estimate of drug-likeness (QED) is 0.339. The van der Waals surface area contributed by atoms with Crippen molar-refractivity contribution in [3.05, 3.63) is 83.5 Å². The number of thioether (sulfide) groups is 1. The van der Waals surface area contributed by atoms with Crippen molar-refractivity contribution in [2.45, 2.75) is 62.0 Å². The molecule has 38 heavy (non-hydrogen) atoms. The monoisotopic (exact) mass is 556 g/mol. The minimum Gasteiger partial charge on any atom is -1.00 e. The zero-order chi connectivity index (χ0) is 25.3. The van der Waals surface area contributed by atoms with Crippen LogP contribution in [0.5, 0.6) is 0 Å². The Balaban J connectivity index is 0.00000294. The van der Waals surface area contributed by atoms with Gasteiger partial charge in [0.15, 0.2) is 5.76 Å². The van der Waals surface area contributed by atoms with Crippen LogP contribution < -0.4 is 12.4 Å². The van der Waals surface area contributed by atoms with Crippen LogP contribution in [0.15, 0.2) is 70.1 Å². The second kappa shape index (κ2) is 11.7. The highest BCUT2D eigenvalue weighted by molar-refractivity contribution is 7.99. The van der Waals surface area contributed by atoms with E-state index in [9.17, 15) is 9.50 Å². The molecule has 4 nitrogen and oxygen atoms in total. The first-order valence-electron chi connectivity index (χ1n) is 14.0. The van der Waals surface area contributed by atoms with Gasteiger partial charge in [-0.05, 0) is 54.5 Å². The lowest BCUT2D eigenvalue weighted by molar-refractivity contribution is -0.959. The molecule has 3 saturated heterocycles. The van der Waals surface area contributed by atoms with Crippen molar-refractivity contribution in [1.29, 1.82) is 0 Å². The van der Waals surface area contributed by atoms with Gasteiger partial charge in [0.05, 0.1) is 19.6 Å². The molecule has 2 aromatic carbocycles. The number of nitrogens with zero attached hydrogens (tertiary/aromatic N) is 2. The van der Waals surface area contributed by atoms with Crippen molar-refractivity contribution < 1.29 is 30.9 Å². The van der Waals surface area contributed by atoms with Gasteiger partial charge >= 0.3 is 0 Å². The minimum atomic E-state index is -1.10. The topological polar surface area (TPSA) is 46.3 Å². The number of aromatic nitrogens is 1. The van der Waals surface area contributed by atoms with Crippen molar-refractivity contribution in [3.63, 3.8) is 0 Å². The molecule has 2 atom stereocenters. The maximum Gasteiger partial charge on any atom is 0.191 e. The van der Waals surface area contributed by atoms with Gasteiger partial charge in [-0.25, -0.2) is 4.39 Å². The molecule has 0 radical (unpaired) electrons. The van der Waals surface area contributed by atoms with Crippen LogP contribution in [-0.2, 0) is 12.1 Å². The molecule has 3 aliphatic heterocycles. The zero-order valence-electron chi connectivity index (χ0n) is 21.9. The average molecular weight is 557 g/mol. The van der Waals surface area contributed by atoms with E-state index in [0.717, 1.165) is 71.1 Å². The van der Waals surface area contributed by atoms with Crippen LogP contribution in [0.1, 0.15) is 62.0 Å². The summed E-state index contributed by atoms with van der Waals surface area (Å²) in [5.41, 5.74) is 0.492. The summed E-state index contributed by atoms with van der Waals surface area (Å²) in [6.45, 7) is 4.36. The Morgan fingerprint density at radius 3 is 2.39 bits per heavy atom. The molecule has 3 aromatic rings. The number of fused-ring (bicyclic) bond motifs is 3. The molecule has 1 saturated carbocycles. The lowest BCUT2D eigenvalue weighted by atomic mass is 9.71. The van der Waals surface area contributed by atoms with Gasteiger partial charge in [-0.15, -0.1) is 11.8 Å². The zero-order valence-corrected chi connectivity index (χ0v) is 23.5. The Morgan fingerprint density at radius 2 is 1.68 bits per heavy atom. The van der Waals surface area contributed by atoms with E-state index in [1.165, 1.54) is 32.4 Å². The molecule has 2 unspecified atom stereocenters. The highest BCUT2D eigenvalue weighted by atomic mass is 35.5. The van der Waals surface area contributed by atoms with E-state index < -0.39 is 5.60 Å². The van der Waals surface area contributed by atoms with Gasteiger partial charge < -0.3 is 26.5 Å². The second-order valence-corrected chi connectivity index (χ2v) is 12.7. The van der Waals surface area contributed by atoms with E-state index in [2.05, 4.69) is 11.2 Å². The fraction of sp³-hybridized carbons (Fsp3) is 0.516. The van der Waals surface area contributed by atoms with Crippen molar-refractivity contribution >= 4 is 11.8 Å². The third-order valence-electron chi connectivity index (χ3n) is 9.37. The fourth-order valence-electron chi connectivity index (χ4n) is 7.28. The van der Waals surface area contributed by atoms with Gasteiger partial charge in [-0.1, -0.05) is 54.8 Å². The first-order chi connectivity index (χ1) is 18.0. The minimum absolute atomic E-state index is 0. The van der Waals surface area contributed by atoms with Crippen LogP contribution in [-0.4, -0.2) is 40.1 Å². The first-order valence-corrected chi connectivity index (χ1v) is 15.0. The third kappa shape index (κ3) is 5.56. The van der Waals surface area contributed by atoms with Crippen LogP contribution in [0.4, 0.5) is 4.39 Å². The van der Waals surface area contributed by atoms with E-state index in [-0.39, 0.29) is 24.1 Å². The van der Waals surface area contributed by atoms with Gasteiger partial charge in [-0.2, -0.15) is 0 Å². The van der Waals surface area contributed by atoms with Gasteiger partial charge in [-0.3, -0.25) is 0 Å². The summed E-state index contributed by atoms with van der Waals surface area (Å²) in [5, 5.41) is 16.7. The number of halogens is 2. The predicted octanol–water partition coefficient (Wildman–Crippen LogP) is 3.78. The number of piperidine rings is 3. The van der Waals surface area contributed by atoms with Crippen LogP contribution in [0, 0.1) is 23.6 Å². The first kappa shape index (κ1) is 27.7. The number of hydrogen-bond acceptors (Lipinski definition) is 4. The molecule has 4 aliphatic rings. The second-order valence-electron chi connectivity index (χ2n) is 11.6. The maximum atomic E-state index is 13.3. The summed E-state index contributed by atoms with van der Waals surface area (Å²) in [6, 6.07) is 19.0. The molecule has 0 amide bonds. The molecule has 4 fully saturated rings. The highest BCUT2D eigenvalue weighted by Crippen LogP contribution is 2.45. The van der Waals surface area contributed by atoms with Gasteiger partial charge in [0.2, 0.25) is 0 Å². The maximum absolute atomic E-state index is 13.3. The molecule has 2 bridgehead atoms. The molecule has 1 N–H and O–H groups in total. The Hall–Kier alpha value is -1.86. The Morgan fingerprint density at radius 1 is 0.974 bits per heavy atom. The average Bonchev–Trinajstić information content (AvgIpc) is 3.42. The van der Waals surface area contributed by atoms with E-state index in [4.69, 9.17) is 4.52 Å². The summed E-state index contributed by atoms with van der Waals surface area (Å²) < 4.78 is 20.3. The summed E-state index contributed by atoms with van der Waals surface area (Å²) in [4.78, 5) is 1.15. The molecule has 4 heterocycles. The van der Waals surface area contributed by atoms with Crippen LogP contribution in [0.2, 0.25) is 0 Å². The molecule has 0 spiro atoms. The van der Waals surface area contributed by atoms with Crippen LogP contribution >= 0.6 is 11.8 Å². The molecule has 7 rings (SSSR count). The van der Waals surface area contributed by atoms with Crippen molar-refractivity contribution in [2.75, 3.05) is 25.4 Å². The van der Waals surface area contributed by atoms with Crippen molar-refractivity contribution in [1.82, 2.24) is 5.16 Å². The normalized spacial score (nSPS) is 27.0. The molecule has 7 heteroatoms. The molecule has 1 aliphatic carbocycles. The van der Waals surface area contributed by atoms with Gasteiger partial charge in [0, 0.05) is 35.5 Å². The lowest BCUT2D eigenvalue weighted by Crippen LogP contribution is -3.00. The molecular formula is C31H38ClFN2O2S. The fourth-order valence-corrected chi connectivity index (χ4v) is 8.40. The number of benzene rings is 2. The number of rotatable bonds is 8. The van der Waals surface area contributed by atoms with Crippen molar-refractivity contribution in [2.24, 2.45) is 17.8 Å². The Bertz CT molecular complexity index is 1180. The van der Waals surface area contributed by atoms with E-state index >= 15 is 0 Å². The standard InChI is InChI=1S/C31H38FN2O2S.ClH/c32-27-11-13-29(14-12-27)37-22-24-20-34(17-15-23(24)16-18-34)21-28-19-30(33-36-28)31(35,25-7-3-1-4-8-25)26-9-5-2-6-10-26;/h1,3-4,7-8,11-14,19,23-24,26,35H,2,5-6,9-10,15-18,20-22H2;1H/q+1;/p-1. The van der Waals surface area contributed by atoms with Crippen molar-refractivity contribution in [3.8, 4) is 0 Å². The largest absolute Gasteiger partial charge is 1.00 e. The summed E-state index contributed by atoms with van der Waals surface area (Å²) in [7, 11) is 0. The van der Waals surface area contributed by atoms with E-state index in [1.54, 1.807) is 12.1 Å². The van der Waals surface area contributed by atoms with E-state index in [0.29, 0.717) is 11.6 Å². The summed E-state index contributed by atoms with van der Waals surface area (Å²) in [6.07, 6.45) is 8.10. The predicted molar refractivity (Wildman–Crippen MR) is 144 cm³/mol. The smallest absolute Gasteiger partial charge is 0.191 e. The van der Waals surface area contributed by atoms with E-state index in [1.807, 2.05) is 54.2 Å². The van der Waals surface area contributed by atoms with Gasteiger partial charge in [0.1, 0.15) is 23.7 Å². The third-order valence-corrected chi connectivity index (χ3v) is 10.6. The molecule has 1 aromatic heterocycles. The SMILES string of the molecule is OC(c1ccccc1)(c1cc(C[N+]23CCC(CC2)C(CSc2ccc(F)cc2)C3)on1)C1CCCCC1.[Cl-]. The Kier molecular flexibility index (Phi) is 8.54. The highest BCUT2D eigenvalue weighted by Gasteiger charge is 2.47. The number of hydrogen-bond donors (Lipinski definition) is 1. The van der Waals surface area contributed by atoms with Crippen LogP contribution in [0.25, 0.3) is 0 Å². The summed E-state index contributed by atoms with van der Waals surface area (Å²) in [5.74, 6) is 3.40. The number of aliphatic hydroxyl groups is 1. The lowest BCUT2D eigenvalue weighted by Gasteiger charge is -2.52. The number of quaternary nitrogens is 1. The van der Waals surface area contributed by atoms with Crippen LogP contribution in [0.3, 0.4) is 0 Å². The molecular weight excluding hydrogens is 519 g/mol. The molecule has 204 valence electrons.